The minimum absolute atomic E-state index is 0.485. The Kier molecular flexibility index (Phi) is 5.30. The number of hydrogen-bond donors (Lipinski definition) is 1. The number of nitrogens with one attached hydrogen (secondary N) is 1. The fourth-order valence-electron chi connectivity index (χ4n) is 5.12. The molecule has 0 unspecified atom stereocenters. The van der Waals surface area contributed by atoms with Crippen LogP contribution in [0.1, 0.15) is 36.5 Å². The first-order valence-corrected chi connectivity index (χ1v) is 11.9. The molecule has 2 aromatic carbocycles. The first-order valence-electron chi connectivity index (χ1n) is 11.9. The second-order valence-electron chi connectivity index (χ2n) is 8.97. The normalized spacial score (nSPS) is 18.4. The van der Waals surface area contributed by atoms with E-state index in [9.17, 15) is 0 Å². The molecule has 2 aliphatic heterocycles. The molecule has 1 aromatic heterocycles. The second kappa shape index (κ2) is 8.59. The number of anilines is 3. The first kappa shape index (κ1) is 20.4. The number of aromatic nitrogens is 3. The lowest BCUT2D eigenvalue weighted by Gasteiger charge is -2.27. The lowest BCUT2D eigenvalue weighted by atomic mass is 9.98. The minimum atomic E-state index is 0.485. The van der Waals surface area contributed by atoms with Gasteiger partial charge in [-0.2, -0.15) is 20.1 Å². The third-order valence-electron chi connectivity index (χ3n) is 6.88. The summed E-state index contributed by atoms with van der Waals surface area (Å²) < 4.78 is 5.51. The molecule has 0 atom stereocenters. The second-order valence-corrected chi connectivity index (χ2v) is 8.97. The van der Waals surface area contributed by atoms with Gasteiger partial charge in [-0.15, -0.1) is 0 Å². The molecular weight excluding hydrogens is 414 g/mol. The van der Waals surface area contributed by atoms with Crippen LogP contribution in [0, 0.1) is 0 Å². The number of aryl methyl sites for hydroxylation is 2. The monoisotopic (exact) mass is 443 g/mol. The van der Waals surface area contributed by atoms with Crippen molar-refractivity contribution in [3.63, 3.8) is 0 Å². The van der Waals surface area contributed by atoms with E-state index in [0.717, 1.165) is 56.2 Å². The molecule has 0 radical (unpaired) electrons. The average molecular weight is 444 g/mol. The van der Waals surface area contributed by atoms with Gasteiger partial charge < -0.3 is 14.5 Å². The summed E-state index contributed by atoms with van der Waals surface area (Å²) in [6, 6.07) is 11.0. The van der Waals surface area contributed by atoms with E-state index in [1.807, 2.05) is 6.92 Å². The Bertz CT molecular complexity index is 1200. The van der Waals surface area contributed by atoms with Crippen molar-refractivity contribution in [1.82, 2.24) is 15.0 Å². The van der Waals surface area contributed by atoms with Crippen LogP contribution < -0.4 is 15.2 Å². The van der Waals surface area contributed by atoms with Crippen LogP contribution in [0.3, 0.4) is 0 Å². The summed E-state index contributed by atoms with van der Waals surface area (Å²) >= 11 is 0. The van der Waals surface area contributed by atoms with Gasteiger partial charge in [0.15, 0.2) is 0 Å². The molecule has 3 aliphatic rings. The highest BCUT2D eigenvalue weighted by molar-refractivity contribution is 6.11. The molecule has 0 spiro atoms. The molecule has 3 aromatic rings. The fraction of sp³-hybridized carbons (Fsp3) is 0.440. The van der Waals surface area contributed by atoms with Gasteiger partial charge in [0.05, 0.1) is 18.9 Å². The van der Waals surface area contributed by atoms with Gasteiger partial charge in [0, 0.05) is 31.7 Å². The zero-order valence-corrected chi connectivity index (χ0v) is 19.0. The van der Waals surface area contributed by atoms with E-state index in [2.05, 4.69) is 45.6 Å². The first-order chi connectivity index (χ1) is 16.3. The van der Waals surface area contributed by atoms with E-state index in [-0.39, 0.29) is 0 Å². The highest BCUT2D eigenvalue weighted by atomic mass is 16.5. The summed E-state index contributed by atoms with van der Waals surface area (Å²) in [7, 11) is 0. The van der Waals surface area contributed by atoms with E-state index in [4.69, 9.17) is 24.8 Å². The molecule has 8 heteroatoms. The van der Waals surface area contributed by atoms with Crippen molar-refractivity contribution >= 4 is 34.3 Å². The number of morpholine rings is 1. The Morgan fingerprint density at radius 1 is 0.879 bits per heavy atom. The zero-order chi connectivity index (χ0) is 22.2. The number of hydrogen-bond acceptors (Lipinski definition) is 8. The lowest BCUT2D eigenvalue weighted by Crippen LogP contribution is -2.38. The maximum atomic E-state index is 5.51. The quantitative estimate of drug-likeness (QED) is 0.478. The predicted octanol–water partition coefficient (Wildman–Crippen LogP) is 3.40. The van der Waals surface area contributed by atoms with Crippen LogP contribution in [0.4, 0.5) is 17.8 Å². The molecule has 0 saturated carbocycles. The summed E-state index contributed by atoms with van der Waals surface area (Å²) in [5.41, 5.74) is 8.08. The van der Waals surface area contributed by atoms with Crippen molar-refractivity contribution in [3.05, 3.63) is 47.0 Å². The molecule has 3 heterocycles. The Morgan fingerprint density at radius 3 is 2.33 bits per heavy atom. The summed E-state index contributed by atoms with van der Waals surface area (Å²) in [6.07, 6.45) is 4.59. The Balaban J connectivity index is 1.32. The standard InChI is InChI=1S/C25H29N7O/c1-17(20-10-9-19-8-7-18-5-4-6-21(20)22(18)19)29-30-23-26-24(31-11-2-3-12-31)28-25(27-23)32-13-15-33-16-14-32/h4-6,9-10H,2-3,7-8,11-16H2,1H3,(H,26,27,28,30)/b29-17-. The summed E-state index contributed by atoms with van der Waals surface area (Å²) in [5, 5.41) is 7.37. The van der Waals surface area contributed by atoms with Crippen LogP contribution >= 0.6 is 0 Å². The molecular formula is C25H29N7O. The van der Waals surface area contributed by atoms with E-state index >= 15 is 0 Å². The number of hydrazone groups is 1. The van der Waals surface area contributed by atoms with Gasteiger partial charge in [-0.3, -0.25) is 0 Å². The number of rotatable bonds is 5. The van der Waals surface area contributed by atoms with E-state index in [1.54, 1.807) is 0 Å². The van der Waals surface area contributed by atoms with Crippen molar-refractivity contribution in [1.29, 1.82) is 0 Å². The minimum Gasteiger partial charge on any atom is -0.378 e. The number of benzene rings is 2. The van der Waals surface area contributed by atoms with E-state index in [1.165, 1.54) is 34.7 Å². The van der Waals surface area contributed by atoms with Crippen molar-refractivity contribution in [2.45, 2.75) is 32.6 Å². The molecule has 0 amide bonds. The van der Waals surface area contributed by atoms with Gasteiger partial charge in [0.1, 0.15) is 0 Å². The number of ether oxygens (including phenoxy) is 1. The van der Waals surface area contributed by atoms with Gasteiger partial charge in [0.25, 0.3) is 0 Å². The third kappa shape index (κ3) is 3.88. The average Bonchev–Trinajstić information content (AvgIpc) is 3.55. The zero-order valence-electron chi connectivity index (χ0n) is 19.0. The summed E-state index contributed by atoms with van der Waals surface area (Å²) in [5.74, 6) is 1.90. The topological polar surface area (TPSA) is 78.8 Å². The van der Waals surface area contributed by atoms with Gasteiger partial charge in [0.2, 0.25) is 17.8 Å². The van der Waals surface area contributed by atoms with Gasteiger partial charge in [-0.25, -0.2) is 5.43 Å². The van der Waals surface area contributed by atoms with Crippen LogP contribution in [-0.2, 0) is 17.6 Å². The van der Waals surface area contributed by atoms with Crippen molar-refractivity contribution in [2.75, 3.05) is 54.6 Å². The molecule has 1 aliphatic carbocycles. The predicted molar refractivity (Wildman–Crippen MR) is 131 cm³/mol. The van der Waals surface area contributed by atoms with E-state index in [0.29, 0.717) is 25.1 Å². The molecule has 170 valence electrons. The highest BCUT2D eigenvalue weighted by Crippen LogP contribution is 2.33. The maximum absolute atomic E-state index is 5.51. The Labute approximate surface area is 193 Å². The largest absolute Gasteiger partial charge is 0.378 e. The van der Waals surface area contributed by atoms with Crippen LogP contribution in [0.2, 0.25) is 0 Å². The number of nitrogens with zero attached hydrogens (tertiary/aromatic N) is 6. The summed E-state index contributed by atoms with van der Waals surface area (Å²) in [4.78, 5) is 18.6. The van der Waals surface area contributed by atoms with Crippen molar-refractivity contribution in [3.8, 4) is 0 Å². The van der Waals surface area contributed by atoms with Crippen LogP contribution in [0.25, 0.3) is 10.8 Å². The molecule has 2 saturated heterocycles. The Hall–Kier alpha value is -3.26. The van der Waals surface area contributed by atoms with Gasteiger partial charge in [-0.05, 0) is 54.5 Å². The Morgan fingerprint density at radius 2 is 1.58 bits per heavy atom. The van der Waals surface area contributed by atoms with Crippen LogP contribution in [-0.4, -0.2) is 60.1 Å². The van der Waals surface area contributed by atoms with Crippen molar-refractivity contribution < 1.29 is 4.74 Å². The lowest BCUT2D eigenvalue weighted by molar-refractivity contribution is 0.122. The van der Waals surface area contributed by atoms with E-state index < -0.39 is 0 Å². The van der Waals surface area contributed by atoms with Crippen molar-refractivity contribution in [2.24, 2.45) is 5.10 Å². The molecule has 2 fully saturated rings. The molecule has 8 nitrogen and oxygen atoms in total. The third-order valence-corrected chi connectivity index (χ3v) is 6.88. The van der Waals surface area contributed by atoms with Crippen LogP contribution in [0.5, 0.6) is 0 Å². The molecule has 6 rings (SSSR count). The van der Waals surface area contributed by atoms with Gasteiger partial charge >= 0.3 is 0 Å². The highest BCUT2D eigenvalue weighted by Gasteiger charge is 2.21. The molecule has 0 bridgehead atoms. The van der Waals surface area contributed by atoms with Gasteiger partial charge in [-0.1, -0.05) is 30.3 Å². The SMILES string of the molecule is C/C(=N/Nc1nc(N2CCCC2)nc(N2CCOCC2)n1)c1ccc2c3c(cccc13)CC2. The maximum Gasteiger partial charge on any atom is 0.250 e. The summed E-state index contributed by atoms with van der Waals surface area (Å²) in [6.45, 7) is 6.95. The molecule has 33 heavy (non-hydrogen) atoms. The smallest absolute Gasteiger partial charge is 0.250 e. The van der Waals surface area contributed by atoms with Crippen LogP contribution in [0.15, 0.2) is 35.4 Å². The fourth-order valence-corrected chi connectivity index (χ4v) is 5.12. The molecule has 1 N–H and O–H groups in total.